The van der Waals surface area contributed by atoms with Crippen molar-refractivity contribution in [2.24, 2.45) is 11.3 Å². The molecule has 3 heterocycles. The molecule has 11 heteroatoms. The minimum atomic E-state index is -3.82. The number of amides is 1. The molecule has 4 rings (SSSR count). The number of nitrogens with zero attached hydrogens (tertiary/aromatic N) is 3. The van der Waals surface area contributed by atoms with Crippen LogP contribution in [0.15, 0.2) is 34.1 Å². The molecule has 3 saturated heterocycles. The molecule has 1 spiro atoms. The topological polar surface area (TPSA) is 104 Å². The molecule has 3 aliphatic rings. The van der Waals surface area contributed by atoms with Crippen molar-refractivity contribution < 1.29 is 26.4 Å². The maximum atomic E-state index is 13.2. The van der Waals surface area contributed by atoms with Gasteiger partial charge in [-0.3, -0.25) is 4.79 Å². The summed E-state index contributed by atoms with van der Waals surface area (Å²) in [4.78, 5) is 14.8. The summed E-state index contributed by atoms with van der Waals surface area (Å²) in [6.45, 7) is 7.48. The Balaban J connectivity index is 1.45. The third-order valence-corrected chi connectivity index (χ3v) is 10.7. The molecule has 0 aromatic heterocycles. The Morgan fingerprint density at radius 2 is 1.66 bits per heavy atom. The molecule has 0 aliphatic carbocycles. The van der Waals surface area contributed by atoms with E-state index >= 15 is 0 Å². The molecule has 1 aromatic carbocycles. The summed E-state index contributed by atoms with van der Waals surface area (Å²) >= 11 is 0. The third kappa shape index (κ3) is 4.09. The lowest BCUT2D eigenvalue weighted by atomic mass is 9.77. The van der Waals surface area contributed by atoms with Crippen LogP contribution in [-0.4, -0.2) is 88.7 Å². The molecular formula is C21H31N3O6S2. The molecule has 1 amide bonds. The van der Waals surface area contributed by atoms with Crippen molar-refractivity contribution in [2.45, 2.75) is 36.5 Å². The molecule has 0 unspecified atom stereocenters. The van der Waals surface area contributed by atoms with Crippen LogP contribution in [0, 0.1) is 11.3 Å². The number of carbonyl (C=O) groups is 1. The zero-order chi connectivity index (χ0) is 23.1. The number of likely N-dealkylation sites (tertiary alicyclic amines) is 1. The lowest BCUT2D eigenvalue weighted by molar-refractivity contribution is -0.198. The minimum Gasteiger partial charge on any atom is -0.380 e. The van der Waals surface area contributed by atoms with Gasteiger partial charge in [0.15, 0.2) is 0 Å². The standard InChI is InChI=1S/C21H31N3O6S2/c1-3-23(4-2)31(26,27)18-7-9-19(10-8-18)32(28,29)24-11-5-6-17(12-24)20(25)22-13-21(14-22)15-30-16-21/h7-10,17H,3-6,11-16H2,1-2H3/t17-/m1/s1. The van der Waals surface area contributed by atoms with E-state index in [0.29, 0.717) is 58.8 Å². The average molecular weight is 486 g/mol. The van der Waals surface area contributed by atoms with E-state index in [1.54, 1.807) is 13.8 Å². The van der Waals surface area contributed by atoms with Gasteiger partial charge in [0, 0.05) is 39.3 Å². The van der Waals surface area contributed by atoms with Gasteiger partial charge in [-0.15, -0.1) is 0 Å². The molecule has 1 aromatic rings. The van der Waals surface area contributed by atoms with Gasteiger partial charge in [-0.1, -0.05) is 13.8 Å². The summed E-state index contributed by atoms with van der Waals surface area (Å²) in [6.07, 6.45) is 1.29. The monoisotopic (exact) mass is 485 g/mol. The SMILES string of the molecule is CCN(CC)S(=O)(=O)c1ccc(S(=O)(=O)N2CCC[C@@H](C(=O)N3CC4(COC4)C3)C2)cc1. The van der Waals surface area contributed by atoms with E-state index in [9.17, 15) is 21.6 Å². The number of sulfonamides is 2. The van der Waals surface area contributed by atoms with E-state index in [2.05, 4.69) is 0 Å². The van der Waals surface area contributed by atoms with Crippen LogP contribution >= 0.6 is 0 Å². The molecule has 3 aliphatic heterocycles. The zero-order valence-corrected chi connectivity index (χ0v) is 20.2. The largest absolute Gasteiger partial charge is 0.380 e. The van der Waals surface area contributed by atoms with Crippen molar-refractivity contribution in [3.63, 3.8) is 0 Å². The summed E-state index contributed by atoms with van der Waals surface area (Å²) in [7, 11) is -7.47. The van der Waals surface area contributed by atoms with E-state index in [-0.39, 0.29) is 33.6 Å². The second-order valence-electron chi connectivity index (χ2n) is 8.95. The van der Waals surface area contributed by atoms with E-state index in [1.165, 1.54) is 32.9 Å². The number of rotatable bonds is 7. The third-order valence-electron chi connectivity index (χ3n) is 6.72. The van der Waals surface area contributed by atoms with Gasteiger partial charge in [0.2, 0.25) is 26.0 Å². The summed E-state index contributed by atoms with van der Waals surface area (Å²) in [5.41, 5.74) is 0.128. The van der Waals surface area contributed by atoms with Gasteiger partial charge in [-0.25, -0.2) is 16.8 Å². The quantitative estimate of drug-likeness (QED) is 0.570. The number of ether oxygens (including phenoxy) is 1. The fourth-order valence-corrected chi connectivity index (χ4v) is 7.74. The van der Waals surface area contributed by atoms with Crippen LogP contribution in [0.2, 0.25) is 0 Å². The van der Waals surface area contributed by atoms with Crippen molar-refractivity contribution in [2.75, 3.05) is 52.5 Å². The first-order valence-electron chi connectivity index (χ1n) is 11.1. The summed E-state index contributed by atoms with van der Waals surface area (Å²) in [5, 5.41) is 0. The van der Waals surface area contributed by atoms with Crippen LogP contribution in [0.4, 0.5) is 0 Å². The van der Waals surface area contributed by atoms with E-state index in [0.717, 1.165) is 0 Å². The van der Waals surface area contributed by atoms with Crippen molar-refractivity contribution in [1.29, 1.82) is 0 Å². The Hall–Kier alpha value is -1.53. The average Bonchev–Trinajstić information content (AvgIpc) is 2.72. The molecule has 0 radical (unpaired) electrons. The first kappa shape index (κ1) is 23.6. The summed E-state index contributed by atoms with van der Waals surface area (Å²) in [5.74, 6) is -0.331. The Kier molecular flexibility index (Phi) is 6.40. The molecule has 0 N–H and O–H groups in total. The van der Waals surface area contributed by atoms with Gasteiger partial charge >= 0.3 is 0 Å². The first-order chi connectivity index (χ1) is 15.1. The summed E-state index contributed by atoms with van der Waals surface area (Å²) < 4.78 is 59.7. The molecule has 3 fully saturated rings. The van der Waals surface area contributed by atoms with Crippen LogP contribution in [0.1, 0.15) is 26.7 Å². The van der Waals surface area contributed by atoms with Gasteiger partial charge in [-0.05, 0) is 37.1 Å². The molecule has 32 heavy (non-hydrogen) atoms. The first-order valence-corrected chi connectivity index (χ1v) is 14.0. The van der Waals surface area contributed by atoms with Crippen molar-refractivity contribution in [1.82, 2.24) is 13.5 Å². The maximum Gasteiger partial charge on any atom is 0.243 e. The normalized spacial score (nSPS) is 23.7. The van der Waals surface area contributed by atoms with E-state index in [4.69, 9.17) is 4.74 Å². The Bertz CT molecular complexity index is 1060. The second kappa shape index (κ2) is 8.68. The highest BCUT2D eigenvalue weighted by Crippen LogP contribution is 2.39. The Morgan fingerprint density at radius 3 is 2.19 bits per heavy atom. The number of piperidine rings is 1. The Morgan fingerprint density at radius 1 is 1.06 bits per heavy atom. The van der Waals surface area contributed by atoms with Gasteiger partial charge in [0.05, 0.1) is 34.3 Å². The predicted octanol–water partition coefficient (Wildman–Crippen LogP) is 0.977. The summed E-state index contributed by atoms with van der Waals surface area (Å²) in [6, 6.07) is 5.36. The van der Waals surface area contributed by atoms with Crippen molar-refractivity contribution in [3.05, 3.63) is 24.3 Å². The Labute approximate surface area is 190 Å². The van der Waals surface area contributed by atoms with E-state index < -0.39 is 20.0 Å². The van der Waals surface area contributed by atoms with Crippen LogP contribution in [0.3, 0.4) is 0 Å². The fourth-order valence-electron chi connectivity index (χ4n) is 4.76. The minimum absolute atomic E-state index is 0.0167. The second-order valence-corrected chi connectivity index (χ2v) is 12.8. The zero-order valence-electron chi connectivity index (χ0n) is 18.6. The fraction of sp³-hybridized carbons (Fsp3) is 0.667. The smallest absolute Gasteiger partial charge is 0.243 e. The molecule has 1 atom stereocenters. The number of hydrogen-bond donors (Lipinski definition) is 0. The molecule has 0 saturated carbocycles. The van der Waals surface area contributed by atoms with Crippen LogP contribution in [0.25, 0.3) is 0 Å². The number of hydrogen-bond acceptors (Lipinski definition) is 6. The maximum absolute atomic E-state index is 13.2. The highest BCUT2D eigenvalue weighted by Gasteiger charge is 2.51. The van der Waals surface area contributed by atoms with Crippen molar-refractivity contribution >= 4 is 26.0 Å². The lowest BCUT2D eigenvalue weighted by Crippen LogP contribution is -2.68. The lowest BCUT2D eigenvalue weighted by Gasteiger charge is -2.55. The van der Waals surface area contributed by atoms with Gasteiger partial charge < -0.3 is 9.64 Å². The highest BCUT2D eigenvalue weighted by atomic mass is 32.2. The molecule has 0 bridgehead atoms. The van der Waals surface area contributed by atoms with Crippen LogP contribution in [-0.2, 0) is 29.6 Å². The van der Waals surface area contributed by atoms with Crippen LogP contribution in [0.5, 0.6) is 0 Å². The molecule has 178 valence electrons. The van der Waals surface area contributed by atoms with Gasteiger partial charge in [0.25, 0.3) is 0 Å². The van der Waals surface area contributed by atoms with Crippen LogP contribution < -0.4 is 0 Å². The van der Waals surface area contributed by atoms with E-state index in [1.807, 2.05) is 4.90 Å². The molecule has 9 nitrogen and oxygen atoms in total. The van der Waals surface area contributed by atoms with Gasteiger partial charge in [-0.2, -0.15) is 8.61 Å². The number of carbonyl (C=O) groups excluding carboxylic acids is 1. The molecular weight excluding hydrogens is 454 g/mol. The number of benzene rings is 1. The van der Waals surface area contributed by atoms with Gasteiger partial charge in [0.1, 0.15) is 0 Å². The van der Waals surface area contributed by atoms with Crippen molar-refractivity contribution in [3.8, 4) is 0 Å². The highest BCUT2D eigenvalue weighted by molar-refractivity contribution is 7.89. The predicted molar refractivity (Wildman–Crippen MR) is 118 cm³/mol.